The summed E-state index contributed by atoms with van der Waals surface area (Å²) in [6, 6.07) is 12.5. The number of nitrogens with zero attached hydrogens (tertiary/aromatic N) is 3. The van der Waals surface area contributed by atoms with Crippen LogP contribution in [-0.2, 0) is 12.4 Å². The van der Waals surface area contributed by atoms with Crippen LogP contribution >= 0.6 is 11.8 Å². The number of nitrogens with two attached hydrogens (primary N) is 1. The predicted molar refractivity (Wildman–Crippen MR) is 105 cm³/mol. The van der Waals surface area contributed by atoms with Crippen molar-refractivity contribution >= 4 is 18.0 Å². The molecule has 0 saturated heterocycles. The Bertz CT molecular complexity index is 961. The summed E-state index contributed by atoms with van der Waals surface area (Å²) in [6.45, 7) is 0.168. The second kappa shape index (κ2) is 9.14. The van der Waals surface area contributed by atoms with Gasteiger partial charge in [-0.2, -0.15) is 0 Å². The largest absolute Gasteiger partial charge is 0.497 e. The number of methoxy groups -OCH3 is 2. The molecule has 0 fully saturated rings. The lowest BCUT2D eigenvalue weighted by Crippen LogP contribution is -2.15. The average Bonchev–Trinajstić information content (AvgIpc) is 3.10. The van der Waals surface area contributed by atoms with Gasteiger partial charge < -0.3 is 20.1 Å². The summed E-state index contributed by atoms with van der Waals surface area (Å²) in [4.78, 5) is 11.0. The Kier molecular flexibility index (Phi) is 6.38. The van der Waals surface area contributed by atoms with E-state index in [9.17, 15) is 4.79 Å². The molecule has 28 heavy (non-hydrogen) atoms. The minimum Gasteiger partial charge on any atom is -0.497 e. The van der Waals surface area contributed by atoms with Gasteiger partial charge in [0.1, 0.15) is 30.1 Å². The fraction of sp³-hybridized carbons (Fsp3) is 0.211. The molecule has 2 aromatic carbocycles. The molecule has 0 radical (unpaired) electrons. The maximum Gasteiger partial charge on any atom is 0.210 e. The van der Waals surface area contributed by atoms with E-state index in [1.165, 1.54) is 16.4 Å². The van der Waals surface area contributed by atoms with Gasteiger partial charge in [0.15, 0.2) is 5.82 Å². The second-order valence-electron chi connectivity index (χ2n) is 5.71. The first kappa shape index (κ1) is 19.6. The van der Waals surface area contributed by atoms with Crippen LogP contribution in [0.5, 0.6) is 17.2 Å². The van der Waals surface area contributed by atoms with Crippen molar-refractivity contribution in [2.24, 2.45) is 0 Å². The molecule has 0 unspecified atom stereocenters. The van der Waals surface area contributed by atoms with Crippen LogP contribution in [0.3, 0.4) is 0 Å². The zero-order chi connectivity index (χ0) is 19.9. The van der Waals surface area contributed by atoms with Crippen LogP contribution in [0.2, 0.25) is 0 Å². The molecule has 1 aromatic heterocycles. The summed E-state index contributed by atoms with van der Waals surface area (Å²) in [6.07, 6.45) is 0.799. The van der Waals surface area contributed by atoms with Gasteiger partial charge in [-0.05, 0) is 30.3 Å². The van der Waals surface area contributed by atoms with Crippen molar-refractivity contribution in [2.75, 3.05) is 20.1 Å². The van der Waals surface area contributed by atoms with Crippen molar-refractivity contribution in [1.82, 2.24) is 14.9 Å². The number of aromatic nitrogens is 3. The van der Waals surface area contributed by atoms with Crippen LogP contribution in [0.1, 0.15) is 21.7 Å². The van der Waals surface area contributed by atoms with Crippen molar-refractivity contribution in [1.29, 1.82) is 0 Å². The first-order valence-corrected chi connectivity index (χ1v) is 9.34. The zero-order valence-corrected chi connectivity index (χ0v) is 16.3. The molecule has 8 nitrogen and oxygen atoms in total. The average molecular weight is 400 g/mol. The Labute approximate surface area is 166 Å². The van der Waals surface area contributed by atoms with Gasteiger partial charge in [-0.1, -0.05) is 17.8 Å². The number of carbonyl (C=O) groups excluding carboxylic acids is 1. The molecular formula is C19H20N4O4S. The van der Waals surface area contributed by atoms with Crippen molar-refractivity contribution in [3.8, 4) is 17.2 Å². The highest BCUT2D eigenvalue weighted by atomic mass is 32.2. The van der Waals surface area contributed by atoms with Crippen LogP contribution in [0.15, 0.2) is 47.6 Å². The van der Waals surface area contributed by atoms with Crippen LogP contribution < -0.4 is 20.1 Å². The van der Waals surface area contributed by atoms with E-state index in [-0.39, 0.29) is 6.61 Å². The summed E-state index contributed by atoms with van der Waals surface area (Å²) in [5, 5.41) is 8.73. The third-order valence-electron chi connectivity index (χ3n) is 3.94. The van der Waals surface area contributed by atoms with E-state index in [1.54, 1.807) is 38.5 Å². The number of hydrogen-bond acceptors (Lipinski definition) is 8. The Morgan fingerprint density at radius 1 is 1.11 bits per heavy atom. The maximum absolute atomic E-state index is 11.0. The van der Waals surface area contributed by atoms with Gasteiger partial charge in [-0.3, -0.25) is 4.79 Å². The van der Waals surface area contributed by atoms with Gasteiger partial charge in [0.05, 0.1) is 14.2 Å². The Morgan fingerprint density at radius 3 is 2.68 bits per heavy atom. The number of carbonyl (C=O) groups is 1. The number of hydrogen-bond donors (Lipinski definition) is 1. The molecule has 0 aliphatic heterocycles. The minimum atomic E-state index is 0.168. The van der Waals surface area contributed by atoms with Crippen molar-refractivity contribution < 1.29 is 19.0 Å². The highest BCUT2D eigenvalue weighted by molar-refractivity contribution is 7.98. The highest BCUT2D eigenvalue weighted by Crippen LogP contribution is 2.28. The molecular weight excluding hydrogens is 380 g/mol. The smallest absolute Gasteiger partial charge is 0.210 e. The lowest BCUT2D eigenvalue weighted by molar-refractivity contribution is 0.112. The van der Waals surface area contributed by atoms with Gasteiger partial charge in [0.2, 0.25) is 5.16 Å². The third kappa shape index (κ3) is 4.55. The molecule has 9 heteroatoms. The van der Waals surface area contributed by atoms with Gasteiger partial charge in [0.25, 0.3) is 0 Å². The molecule has 0 atom stereocenters. The fourth-order valence-corrected chi connectivity index (χ4v) is 3.32. The van der Waals surface area contributed by atoms with Crippen molar-refractivity contribution in [3.63, 3.8) is 0 Å². The molecule has 2 N–H and O–H groups in total. The topological polar surface area (TPSA) is 101 Å². The molecule has 1 heterocycles. The molecule has 0 aliphatic carbocycles. The standard InChI is InChI=1S/C19H20N4O4S/c1-25-15-4-3-5-16(9-15)27-11-18-21-22-19(23(18)20)28-12-14-8-13(10-24)6-7-17(14)26-2/h3-10H,11-12,20H2,1-2H3. The quantitative estimate of drug-likeness (QED) is 0.332. The summed E-state index contributed by atoms with van der Waals surface area (Å²) in [5.74, 6) is 9.15. The lowest BCUT2D eigenvalue weighted by Gasteiger charge is -2.09. The van der Waals surface area contributed by atoms with Crippen LogP contribution in [0.4, 0.5) is 0 Å². The molecule has 0 saturated carbocycles. The number of aldehydes is 1. The van der Waals surface area contributed by atoms with E-state index >= 15 is 0 Å². The number of rotatable bonds is 9. The first-order valence-electron chi connectivity index (χ1n) is 8.35. The monoisotopic (exact) mass is 400 g/mol. The maximum atomic E-state index is 11.0. The SMILES string of the molecule is COc1cccc(OCc2nnc(SCc3cc(C=O)ccc3OC)n2N)c1. The van der Waals surface area contributed by atoms with E-state index in [0.717, 1.165) is 11.8 Å². The Hall–Kier alpha value is -3.20. The van der Waals surface area contributed by atoms with Gasteiger partial charge >= 0.3 is 0 Å². The lowest BCUT2D eigenvalue weighted by atomic mass is 10.1. The predicted octanol–water partition coefficient (Wildman–Crippen LogP) is 2.69. The molecule has 3 aromatic rings. The van der Waals surface area contributed by atoms with Gasteiger partial charge in [0, 0.05) is 22.9 Å². The molecule has 0 spiro atoms. The number of ether oxygens (including phenoxy) is 3. The third-order valence-corrected chi connectivity index (χ3v) is 4.93. The molecule has 3 rings (SSSR count). The molecule has 0 aliphatic rings. The summed E-state index contributed by atoms with van der Waals surface area (Å²) in [5.41, 5.74) is 1.45. The van der Waals surface area contributed by atoms with Crippen LogP contribution in [0.25, 0.3) is 0 Å². The number of thioether (sulfide) groups is 1. The highest BCUT2D eigenvalue weighted by Gasteiger charge is 2.13. The summed E-state index contributed by atoms with van der Waals surface area (Å²) >= 11 is 1.39. The summed E-state index contributed by atoms with van der Waals surface area (Å²) in [7, 11) is 3.18. The van der Waals surface area contributed by atoms with Crippen LogP contribution in [-0.4, -0.2) is 35.4 Å². The van der Waals surface area contributed by atoms with Gasteiger partial charge in [-0.25, -0.2) is 4.68 Å². The van der Waals surface area contributed by atoms with Gasteiger partial charge in [-0.15, -0.1) is 10.2 Å². The molecule has 0 amide bonds. The second-order valence-corrected chi connectivity index (χ2v) is 6.66. The number of nitrogen functional groups attached to an aromatic ring is 1. The van der Waals surface area contributed by atoms with E-state index in [2.05, 4.69) is 10.2 Å². The fourth-order valence-electron chi connectivity index (χ4n) is 2.47. The first-order chi connectivity index (χ1) is 13.6. The Morgan fingerprint density at radius 2 is 1.93 bits per heavy atom. The van der Waals surface area contributed by atoms with Crippen molar-refractivity contribution in [3.05, 3.63) is 59.4 Å². The molecule has 146 valence electrons. The Balaban J connectivity index is 1.65. The molecule has 0 bridgehead atoms. The zero-order valence-electron chi connectivity index (χ0n) is 15.5. The minimum absolute atomic E-state index is 0.168. The van der Waals surface area contributed by atoms with E-state index in [0.29, 0.717) is 39.5 Å². The van der Waals surface area contributed by atoms with E-state index < -0.39 is 0 Å². The summed E-state index contributed by atoms with van der Waals surface area (Å²) < 4.78 is 17.6. The van der Waals surface area contributed by atoms with Crippen LogP contribution in [0, 0.1) is 0 Å². The number of benzene rings is 2. The normalized spacial score (nSPS) is 10.5. The van der Waals surface area contributed by atoms with Crippen molar-refractivity contribution in [2.45, 2.75) is 17.5 Å². The van der Waals surface area contributed by atoms with E-state index in [1.807, 2.05) is 18.2 Å². The van der Waals surface area contributed by atoms with E-state index in [4.69, 9.17) is 20.1 Å².